The van der Waals surface area contributed by atoms with Crippen LogP contribution in [-0.4, -0.2) is 80.0 Å². The van der Waals surface area contributed by atoms with Crippen LogP contribution in [0.3, 0.4) is 0 Å². The lowest BCUT2D eigenvalue weighted by molar-refractivity contribution is -0.130. The Morgan fingerprint density at radius 3 is 2.45 bits per heavy atom. The highest BCUT2D eigenvalue weighted by atomic mass is 16.2. The van der Waals surface area contributed by atoms with Gasteiger partial charge in [-0.05, 0) is 57.2 Å². The number of pyridine rings is 1. The van der Waals surface area contributed by atoms with E-state index in [1.807, 2.05) is 62.3 Å². The summed E-state index contributed by atoms with van der Waals surface area (Å²) in [4.78, 5) is 35.6. The van der Waals surface area contributed by atoms with E-state index < -0.39 is 0 Å². The van der Waals surface area contributed by atoms with Gasteiger partial charge in [-0.15, -0.1) is 0 Å². The Hall–Kier alpha value is -2.93. The molecule has 31 heavy (non-hydrogen) atoms. The fourth-order valence-electron chi connectivity index (χ4n) is 3.67. The summed E-state index contributed by atoms with van der Waals surface area (Å²) in [5.74, 6) is 0.919. The predicted molar refractivity (Wildman–Crippen MR) is 123 cm³/mol. The number of amides is 2. The number of rotatable bonds is 8. The molecule has 2 amide bonds. The van der Waals surface area contributed by atoms with Crippen molar-refractivity contribution < 1.29 is 9.59 Å². The van der Waals surface area contributed by atoms with E-state index in [1.54, 1.807) is 6.20 Å². The zero-order valence-electron chi connectivity index (χ0n) is 18.8. The molecule has 0 saturated carbocycles. The molecule has 0 spiro atoms. The van der Waals surface area contributed by atoms with Crippen LogP contribution in [0.5, 0.6) is 0 Å². The Balaban J connectivity index is 1.46. The number of nitrogens with one attached hydrogen (secondary N) is 1. The molecule has 0 atom stereocenters. The molecular formula is C24H33N5O2. The first-order valence-corrected chi connectivity index (χ1v) is 10.9. The number of anilines is 1. The number of nitrogens with zero attached hydrogens (tertiary/aromatic N) is 4. The molecule has 0 bridgehead atoms. The number of benzene rings is 1. The van der Waals surface area contributed by atoms with Crippen LogP contribution >= 0.6 is 0 Å². The monoisotopic (exact) mass is 423 g/mol. The fraction of sp³-hybridized carbons (Fsp3) is 0.458. The van der Waals surface area contributed by atoms with Gasteiger partial charge in [-0.3, -0.25) is 9.59 Å². The van der Waals surface area contributed by atoms with Crippen LogP contribution in [0.2, 0.25) is 0 Å². The summed E-state index contributed by atoms with van der Waals surface area (Å²) in [5, 5.41) is 2.93. The molecule has 0 radical (unpaired) electrons. The summed E-state index contributed by atoms with van der Waals surface area (Å²) in [7, 11) is 4.04. The van der Waals surface area contributed by atoms with Crippen molar-refractivity contribution in [2.45, 2.75) is 19.8 Å². The van der Waals surface area contributed by atoms with Gasteiger partial charge in [-0.2, -0.15) is 0 Å². The second-order valence-electron chi connectivity index (χ2n) is 8.29. The summed E-state index contributed by atoms with van der Waals surface area (Å²) in [6.07, 6.45) is 2.99. The molecule has 3 rings (SSSR count). The molecular weight excluding hydrogens is 390 g/mol. The van der Waals surface area contributed by atoms with Gasteiger partial charge in [0.05, 0.1) is 12.0 Å². The molecule has 2 heterocycles. The van der Waals surface area contributed by atoms with Crippen molar-refractivity contribution in [3.05, 3.63) is 59.3 Å². The van der Waals surface area contributed by atoms with Gasteiger partial charge >= 0.3 is 0 Å². The van der Waals surface area contributed by atoms with Gasteiger partial charge in [0.25, 0.3) is 5.91 Å². The van der Waals surface area contributed by atoms with Crippen LogP contribution < -0.4 is 10.2 Å². The van der Waals surface area contributed by atoms with Crippen molar-refractivity contribution in [2.75, 3.05) is 58.3 Å². The van der Waals surface area contributed by atoms with Crippen molar-refractivity contribution in [3.63, 3.8) is 0 Å². The summed E-state index contributed by atoms with van der Waals surface area (Å²) in [5.41, 5.74) is 2.81. The lowest BCUT2D eigenvalue weighted by Gasteiger charge is -2.35. The lowest BCUT2D eigenvalue weighted by atomic mass is 10.1. The molecule has 1 saturated heterocycles. The van der Waals surface area contributed by atoms with Crippen LogP contribution in [0.15, 0.2) is 42.6 Å². The minimum atomic E-state index is -0.0931. The van der Waals surface area contributed by atoms with Gasteiger partial charge in [0.1, 0.15) is 5.82 Å². The third-order valence-corrected chi connectivity index (χ3v) is 5.64. The van der Waals surface area contributed by atoms with E-state index in [9.17, 15) is 9.59 Å². The van der Waals surface area contributed by atoms with Gasteiger partial charge in [-0.1, -0.05) is 24.3 Å². The topological polar surface area (TPSA) is 68.8 Å². The van der Waals surface area contributed by atoms with Crippen molar-refractivity contribution in [1.29, 1.82) is 0 Å². The second-order valence-corrected chi connectivity index (χ2v) is 8.29. The molecule has 1 N–H and O–H groups in total. The third-order valence-electron chi connectivity index (χ3n) is 5.64. The van der Waals surface area contributed by atoms with E-state index in [4.69, 9.17) is 0 Å². The zero-order valence-corrected chi connectivity index (χ0v) is 18.8. The summed E-state index contributed by atoms with van der Waals surface area (Å²) < 4.78 is 0. The molecule has 1 aromatic heterocycles. The van der Waals surface area contributed by atoms with Crippen LogP contribution in [0.4, 0.5) is 5.82 Å². The van der Waals surface area contributed by atoms with E-state index in [0.29, 0.717) is 31.6 Å². The highest BCUT2D eigenvalue weighted by Gasteiger charge is 2.22. The first-order valence-electron chi connectivity index (χ1n) is 10.9. The maximum atomic E-state index is 12.7. The fourth-order valence-corrected chi connectivity index (χ4v) is 3.67. The van der Waals surface area contributed by atoms with Crippen molar-refractivity contribution in [3.8, 4) is 0 Å². The van der Waals surface area contributed by atoms with Crippen LogP contribution in [-0.2, 0) is 11.2 Å². The van der Waals surface area contributed by atoms with Crippen LogP contribution in [0, 0.1) is 6.92 Å². The third kappa shape index (κ3) is 6.52. The maximum absolute atomic E-state index is 12.7. The van der Waals surface area contributed by atoms with Crippen LogP contribution in [0.1, 0.15) is 27.9 Å². The summed E-state index contributed by atoms with van der Waals surface area (Å²) in [6.45, 7) is 6.47. The van der Waals surface area contributed by atoms with Crippen molar-refractivity contribution >= 4 is 17.6 Å². The van der Waals surface area contributed by atoms with E-state index in [1.165, 1.54) is 0 Å². The number of aryl methyl sites for hydroxylation is 1. The van der Waals surface area contributed by atoms with Gasteiger partial charge < -0.3 is 20.0 Å². The maximum Gasteiger partial charge on any atom is 0.252 e. The number of hydrogen-bond acceptors (Lipinski definition) is 5. The standard InChI is InChI=1S/C24H33N5O2/c1-19-7-4-5-8-20(19)17-23(30)29-15-13-28(14-16-29)22-10-9-21(18-26-22)24(31)25-11-6-12-27(2)3/h4-5,7-10,18H,6,11-17H2,1-3H3,(H,25,31). The zero-order chi connectivity index (χ0) is 22.2. The van der Waals surface area contributed by atoms with Crippen molar-refractivity contribution in [1.82, 2.24) is 20.1 Å². The van der Waals surface area contributed by atoms with E-state index in [2.05, 4.69) is 20.1 Å². The molecule has 1 aromatic carbocycles. The Labute approximate surface area is 185 Å². The number of hydrogen-bond donors (Lipinski definition) is 1. The molecule has 166 valence electrons. The first kappa shape index (κ1) is 22.7. The minimum Gasteiger partial charge on any atom is -0.353 e. The van der Waals surface area contributed by atoms with Gasteiger partial charge in [0.15, 0.2) is 0 Å². The molecule has 1 aliphatic rings. The number of carbonyl (C=O) groups excluding carboxylic acids is 2. The molecule has 1 aliphatic heterocycles. The number of piperazine rings is 1. The van der Waals surface area contributed by atoms with Crippen molar-refractivity contribution in [2.24, 2.45) is 0 Å². The van der Waals surface area contributed by atoms with Crippen LogP contribution in [0.25, 0.3) is 0 Å². The predicted octanol–water partition coefficient (Wildman–Crippen LogP) is 1.96. The van der Waals surface area contributed by atoms with E-state index >= 15 is 0 Å². The number of aromatic nitrogens is 1. The summed E-state index contributed by atoms with van der Waals surface area (Å²) in [6, 6.07) is 11.7. The van der Waals surface area contributed by atoms with Gasteiger partial charge in [-0.25, -0.2) is 4.98 Å². The van der Waals surface area contributed by atoms with E-state index in [-0.39, 0.29) is 11.8 Å². The molecule has 0 unspecified atom stereocenters. The van der Waals surface area contributed by atoms with Gasteiger partial charge in [0, 0.05) is 38.9 Å². The highest BCUT2D eigenvalue weighted by molar-refractivity contribution is 5.94. The largest absolute Gasteiger partial charge is 0.353 e. The van der Waals surface area contributed by atoms with E-state index in [0.717, 1.165) is 43.0 Å². The molecule has 1 fully saturated rings. The molecule has 2 aromatic rings. The smallest absolute Gasteiger partial charge is 0.252 e. The molecule has 7 heteroatoms. The van der Waals surface area contributed by atoms with Gasteiger partial charge in [0.2, 0.25) is 5.91 Å². The summed E-state index contributed by atoms with van der Waals surface area (Å²) >= 11 is 0. The lowest BCUT2D eigenvalue weighted by Crippen LogP contribution is -2.49. The quantitative estimate of drug-likeness (QED) is 0.658. The first-order chi connectivity index (χ1) is 14.9. The SMILES string of the molecule is Cc1ccccc1CC(=O)N1CCN(c2ccc(C(=O)NCCCN(C)C)cn2)CC1. The Morgan fingerprint density at radius 2 is 1.81 bits per heavy atom. The number of carbonyl (C=O) groups is 2. The normalized spacial score (nSPS) is 14.1. The average molecular weight is 424 g/mol. The highest BCUT2D eigenvalue weighted by Crippen LogP contribution is 2.16. The second kappa shape index (κ2) is 10.9. The molecule has 0 aliphatic carbocycles. The minimum absolute atomic E-state index is 0.0931. The molecule has 7 nitrogen and oxygen atoms in total. The Morgan fingerprint density at radius 1 is 1.06 bits per heavy atom. The average Bonchev–Trinajstić information content (AvgIpc) is 2.78. The Kier molecular flexibility index (Phi) is 8.00. The Bertz CT molecular complexity index is 874.